The smallest absolute Gasteiger partial charge is 0.244 e. The number of hydrogen-bond acceptors (Lipinski definition) is 4. The van der Waals surface area contributed by atoms with E-state index in [4.69, 9.17) is 5.11 Å². The summed E-state index contributed by atoms with van der Waals surface area (Å²) in [5.74, 6) is -1.13. The van der Waals surface area contributed by atoms with Gasteiger partial charge >= 0.3 is 0 Å². The Morgan fingerprint density at radius 3 is 2.67 bits per heavy atom. The van der Waals surface area contributed by atoms with E-state index in [0.717, 1.165) is 12.3 Å². The first-order valence-corrected chi connectivity index (χ1v) is 6.13. The highest BCUT2D eigenvalue weighted by Crippen LogP contribution is 2.13. The number of rotatable bonds is 4. The number of halogens is 1. The summed E-state index contributed by atoms with van der Waals surface area (Å²) in [6.07, 6.45) is 1.19. The minimum Gasteiger partial charge on any atom is -0.508 e. The van der Waals surface area contributed by atoms with Crippen molar-refractivity contribution in [3.8, 4) is 11.5 Å². The Labute approximate surface area is 120 Å². The first-order valence-electron chi connectivity index (χ1n) is 6.13. The van der Waals surface area contributed by atoms with Crippen LogP contribution in [0, 0.1) is 5.82 Å². The van der Waals surface area contributed by atoms with Gasteiger partial charge in [0.15, 0.2) is 0 Å². The van der Waals surface area contributed by atoms with Gasteiger partial charge in [0.1, 0.15) is 17.3 Å². The minimum atomic E-state index is -0.638. The predicted octanol–water partition coefficient (Wildman–Crippen LogP) is 1.93. The summed E-state index contributed by atoms with van der Waals surface area (Å²) in [6.45, 7) is 0. The number of carbonyl (C=O) groups excluding carboxylic acids is 1. The maximum atomic E-state index is 13.4. The van der Waals surface area contributed by atoms with Gasteiger partial charge in [0.2, 0.25) is 5.91 Å². The average molecular weight is 288 g/mol. The predicted molar refractivity (Wildman–Crippen MR) is 75.6 cm³/mol. The Morgan fingerprint density at radius 1 is 1.19 bits per heavy atom. The van der Waals surface area contributed by atoms with Gasteiger partial charge in [-0.05, 0) is 29.8 Å². The maximum Gasteiger partial charge on any atom is 0.244 e. The number of nitrogens with one attached hydrogen (secondary N) is 1. The number of hydrogen-bond donors (Lipinski definition) is 3. The molecule has 6 heteroatoms. The van der Waals surface area contributed by atoms with Crippen molar-refractivity contribution < 1.29 is 19.4 Å². The summed E-state index contributed by atoms with van der Waals surface area (Å²) in [5, 5.41) is 22.0. The van der Waals surface area contributed by atoms with Crippen LogP contribution in [0.25, 0.3) is 0 Å². The molecule has 0 bridgehead atoms. The fourth-order valence-corrected chi connectivity index (χ4v) is 1.69. The van der Waals surface area contributed by atoms with Crippen LogP contribution in [-0.2, 0) is 11.2 Å². The maximum absolute atomic E-state index is 13.4. The van der Waals surface area contributed by atoms with Crippen molar-refractivity contribution in [1.29, 1.82) is 0 Å². The number of phenolic OH excluding ortho intramolecular Hbond substituents is 2. The second-order valence-corrected chi connectivity index (χ2v) is 4.35. The number of nitrogens with zero attached hydrogens (tertiary/aromatic N) is 1. The molecule has 0 aliphatic carbocycles. The zero-order chi connectivity index (χ0) is 15.2. The SMILES string of the molecule is O=C(Cc1cccc(O)c1)NN=Cc1ccc(O)cc1F. The zero-order valence-corrected chi connectivity index (χ0v) is 11.0. The van der Waals surface area contributed by atoms with Crippen molar-refractivity contribution in [2.24, 2.45) is 5.10 Å². The fraction of sp³-hybridized carbons (Fsp3) is 0.0667. The van der Waals surface area contributed by atoms with Crippen LogP contribution >= 0.6 is 0 Å². The van der Waals surface area contributed by atoms with Crippen molar-refractivity contribution in [2.45, 2.75) is 6.42 Å². The molecule has 0 saturated carbocycles. The molecular formula is C15H13FN2O3. The van der Waals surface area contributed by atoms with Gasteiger partial charge in [0.05, 0.1) is 12.6 Å². The van der Waals surface area contributed by atoms with E-state index in [1.807, 2.05) is 0 Å². The quantitative estimate of drug-likeness (QED) is 0.594. The number of aromatic hydroxyl groups is 2. The molecule has 0 heterocycles. The van der Waals surface area contributed by atoms with Crippen molar-refractivity contribution in [1.82, 2.24) is 5.43 Å². The third-order valence-corrected chi connectivity index (χ3v) is 2.65. The van der Waals surface area contributed by atoms with Crippen LogP contribution in [0.2, 0.25) is 0 Å². The fourth-order valence-electron chi connectivity index (χ4n) is 1.69. The molecule has 0 fully saturated rings. The minimum absolute atomic E-state index is 0.0454. The highest BCUT2D eigenvalue weighted by Gasteiger charge is 2.03. The molecule has 0 spiro atoms. The monoisotopic (exact) mass is 288 g/mol. The summed E-state index contributed by atoms with van der Waals surface area (Å²) in [7, 11) is 0. The molecule has 0 saturated heterocycles. The van der Waals surface area contributed by atoms with Crippen molar-refractivity contribution in [2.75, 3.05) is 0 Å². The molecule has 2 aromatic rings. The Kier molecular flexibility index (Phi) is 4.50. The van der Waals surface area contributed by atoms with Gasteiger partial charge < -0.3 is 10.2 Å². The van der Waals surface area contributed by atoms with E-state index in [1.54, 1.807) is 12.1 Å². The van der Waals surface area contributed by atoms with Crippen molar-refractivity contribution >= 4 is 12.1 Å². The van der Waals surface area contributed by atoms with Gasteiger partial charge in [-0.15, -0.1) is 0 Å². The summed E-state index contributed by atoms with van der Waals surface area (Å²) in [6, 6.07) is 9.93. The molecule has 0 aromatic heterocycles. The molecule has 5 nitrogen and oxygen atoms in total. The van der Waals surface area contributed by atoms with Gasteiger partial charge in [0, 0.05) is 11.6 Å². The first kappa shape index (κ1) is 14.5. The number of phenols is 2. The Morgan fingerprint density at radius 2 is 1.95 bits per heavy atom. The third-order valence-electron chi connectivity index (χ3n) is 2.65. The molecule has 2 rings (SSSR count). The van der Waals surface area contributed by atoms with Crippen LogP contribution in [0.1, 0.15) is 11.1 Å². The van der Waals surface area contributed by atoms with E-state index >= 15 is 0 Å². The van der Waals surface area contributed by atoms with E-state index in [9.17, 15) is 14.3 Å². The molecular weight excluding hydrogens is 275 g/mol. The van der Waals surface area contributed by atoms with E-state index < -0.39 is 11.7 Å². The van der Waals surface area contributed by atoms with Gasteiger partial charge in [-0.1, -0.05) is 12.1 Å². The second kappa shape index (κ2) is 6.51. The van der Waals surface area contributed by atoms with E-state index in [0.29, 0.717) is 5.56 Å². The third kappa shape index (κ3) is 4.31. The van der Waals surface area contributed by atoms with Gasteiger partial charge in [0.25, 0.3) is 0 Å². The average Bonchev–Trinajstić information content (AvgIpc) is 2.41. The van der Waals surface area contributed by atoms with Crippen LogP contribution in [0.15, 0.2) is 47.6 Å². The van der Waals surface area contributed by atoms with Crippen LogP contribution < -0.4 is 5.43 Å². The topological polar surface area (TPSA) is 81.9 Å². The number of amides is 1. The largest absolute Gasteiger partial charge is 0.508 e. The normalized spacial score (nSPS) is 10.7. The number of hydrazone groups is 1. The molecule has 2 aromatic carbocycles. The molecule has 108 valence electrons. The van der Waals surface area contributed by atoms with Crippen molar-refractivity contribution in [3.05, 3.63) is 59.4 Å². The van der Waals surface area contributed by atoms with Gasteiger partial charge in [-0.25, -0.2) is 9.82 Å². The lowest BCUT2D eigenvalue weighted by molar-refractivity contribution is -0.120. The molecule has 0 atom stereocenters. The lowest BCUT2D eigenvalue weighted by Crippen LogP contribution is -2.19. The molecule has 0 aliphatic heterocycles. The summed E-state index contributed by atoms with van der Waals surface area (Å²) < 4.78 is 13.4. The molecule has 0 unspecified atom stereocenters. The van der Waals surface area contributed by atoms with Crippen LogP contribution in [0.5, 0.6) is 11.5 Å². The zero-order valence-electron chi connectivity index (χ0n) is 11.0. The summed E-state index contributed by atoms with van der Waals surface area (Å²) in [5.41, 5.74) is 3.04. The summed E-state index contributed by atoms with van der Waals surface area (Å²) >= 11 is 0. The number of benzene rings is 2. The number of carbonyl (C=O) groups is 1. The van der Waals surface area contributed by atoms with Crippen molar-refractivity contribution in [3.63, 3.8) is 0 Å². The molecule has 0 aliphatic rings. The standard InChI is InChI=1S/C15H13FN2O3/c16-14-8-13(20)5-4-11(14)9-17-18-15(21)7-10-2-1-3-12(19)6-10/h1-6,8-9,19-20H,7H2,(H,18,21). The summed E-state index contributed by atoms with van der Waals surface area (Å²) in [4.78, 5) is 11.6. The van der Waals surface area contributed by atoms with Crippen LogP contribution in [-0.4, -0.2) is 22.3 Å². The lowest BCUT2D eigenvalue weighted by atomic mass is 10.1. The van der Waals surface area contributed by atoms with Crippen LogP contribution in [0.4, 0.5) is 4.39 Å². The molecule has 3 N–H and O–H groups in total. The highest BCUT2D eigenvalue weighted by atomic mass is 19.1. The Balaban J connectivity index is 1.93. The molecule has 0 radical (unpaired) electrons. The molecule has 21 heavy (non-hydrogen) atoms. The van der Waals surface area contributed by atoms with E-state index in [-0.39, 0.29) is 23.5 Å². The Bertz CT molecular complexity index is 686. The second-order valence-electron chi connectivity index (χ2n) is 4.35. The highest BCUT2D eigenvalue weighted by molar-refractivity contribution is 5.83. The lowest BCUT2D eigenvalue weighted by Gasteiger charge is -2.01. The molecule has 1 amide bonds. The van der Waals surface area contributed by atoms with Gasteiger partial charge in [-0.2, -0.15) is 5.10 Å². The Hall–Kier alpha value is -2.89. The van der Waals surface area contributed by atoms with Gasteiger partial charge in [-0.3, -0.25) is 4.79 Å². The van der Waals surface area contributed by atoms with Crippen LogP contribution in [0.3, 0.4) is 0 Å². The van der Waals surface area contributed by atoms with E-state index in [2.05, 4.69) is 10.5 Å². The van der Waals surface area contributed by atoms with E-state index in [1.165, 1.54) is 24.3 Å². The first-order chi connectivity index (χ1) is 10.0.